The van der Waals surface area contributed by atoms with Crippen molar-refractivity contribution < 1.29 is 0 Å². The van der Waals surface area contributed by atoms with Gasteiger partial charge >= 0.3 is 0 Å². The summed E-state index contributed by atoms with van der Waals surface area (Å²) in [4.78, 5) is 0. The maximum Gasteiger partial charge on any atom is 0.00179 e. The minimum atomic E-state index is 0.903. The molecule has 4 aliphatic rings. The van der Waals surface area contributed by atoms with Crippen LogP contribution in [0.15, 0.2) is 11.1 Å². The van der Waals surface area contributed by atoms with Gasteiger partial charge in [-0.15, -0.1) is 0 Å². The molecule has 2 fully saturated rings. The largest absolute Gasteiger partial charge is 0.0630 e. The Hall–Kier alpha value is -0.260. The number of rotatable bonds is 0. The first kappa shape index (κ1) is 3.80. The van der Waals surface area contributed by atoms with Crippen molar-refractivity contribution in [3.8, 4) is 0 Å². The molecule has 0 aromatic carbocycles. The molecule has 9 heavy (non-hydrogen) atoms. The molecule has 0 aromatic rings. The van der Waals surface area contributed by atoms with Crippen molar-refractivity contribution in [2.45, 2.75) is 32.1 Å². The van der Waals surface area contributed by atoms with Gasteiger partial charge in [0.05, 0.1) is 0 Å². The quantitative estimate of drug-likeness (QED) is 0.428. The first-order valence-electron chi connectivity index (χ1n) is 4.12. The van der Waals surface area contributed by atoms with Crippen molar-refractivity contribution in [2.75, 3.05) is 0 Å². The molecule has 0 radical (unpaired) electrons. The lowest BCUT2D eigenvalue weighted by Crippen LogP contribution is -2.43. The Bertz CT molecular complexity index is 235. The lowest BCUT2D eigenvalue weighted by Gasteiger charge is -2.55. The molecule has 46 valence electrons. The summed E-state index contributed by atoms with van der Waals surface area (Å²) in [5, 5.41) is 0. The van der Waals surface area contributed by atoms with E-state index in [9.17, 15) is 0 Å². The van der Waals surface area contributed by atoms with Crippen molar-refractivity contribution in [3.05, 3.63) is 11.1 Å². The van der Waals surface area contributed by atoms with E-state index in [0.717, 1.165) is 10.8 Å². The smallest absolute Gasteiger partial charge is 0.00179 e. The highest BCUT2D eigenvalue weighted by molar-refractivity contribution is 5.63. The van der Waals surface area contributed by atoms with Crippen molar-refractivity contribution in [3.63, 3.8) is 0 Å². The standard InChI is InChI=1S/C9H10/c1-2-7-6(1)8-3-4-9(7,8)5-8/h1-5H2. The van der Waals surface area contributed by atoms with Gasteiger partial charge in [0.15, 0.2) is 0 Å². The SMILES string of the molecule is C1CC2=C1C13CCC21C3. The highest BCUT2D eigenvalue weighted by atomic mass is 14.9. The third-order valence-electron chi connectivity index (χ3n) is 4.52. The zero-order valence-electron chi connectivity index (χ0n) is 5.54. The number of hydrogen-bond acceptors (Lipinski definition) is 0. The van der Waals surface area contributed by atoms with Crippen LogP contribution in [-0.2, 0) is 0 Å². The molecule has 2 atom stereocenters. The van der Waals surface area contributed by atoms with Gasteiger partial charge in [-0.3, -0.25) is 0 Å². The van der Waals surface area contributed by atoms with Gasteiger partial charge in [0, 0.05) is 10.8 Å². The van der Waals surface area contributed by atoms with Gasteiger partial charge in [-0.05, 0) is 32.1 Å². The summed E-state index contributed by atoms with van der Waals surface area (Å²) in [6.45, 7) is 0. The molecule has 2 unspecified atom stereocenters. The highest BCUT2D eigenvalue weighted by Crippen LogP contribution is 2.94. The number of allylic oxidation sites excluding steroid dienone is 2. The Kier molecular flexibility index (Phi) is 0.287. The second kappa shape index (κ2) is 0.680. The van der Waals surface area contributed by atoms with Crippen LogP contribution in [-0.4, -0.2) is 0 Å². The van der Waals surface area contributed by atoms with Crippen molar-refractivity contribution >= 4 is 0 Å². The van der Waals surface area contributed by atoms with E-state index < -0.39 is 0 Å². The fourth-order valence-corrected chi connectivity index (χ4v) is 3.84. The Balaban J connectivity index is 2.09. The normalized spacial score (nSPS) is 64.0. The summed E-state index contributed by atoms with van der Waals surface area (Å²) in [6, 6.07) is 0. The monoisotopic (exact) mass is 118 g/mol. The Morgan fingerprint density at radius 3 is 1.67 bits per heavy atom. The lowest BCUT2D eigenvalue weighted by atomic mass is 9.49. The summed E-state index contributed by atoms with van der Waals surface area (Å²) >= 11 is 0. The molecular weight excluding hydrogens is 108 g/mol. The first-order chi connectivity index (χ1) is 4.39. The van der Waals surface area contributed by atoms with Crippen LogP contribution in [0.3, 0.4) is 0 Å². The molecule has 4 aliphatic carbocycles. The van der Waals surface area contributed by atoms with Gasteiger partial charge in [0.1, 0.15) is 0 Å². The minimum absolute atomic E-state index is 0.903. The summed E-state index contributed by atoms with van der Waals surface area (Å²) in [7, 11) is 0. The van der Waals surface area contributed by atoms with Gasteiger partial charge in [-0.1, -0.05) is 11.1 Å². The molecule has 0 aromatic heterocycles. The van der Waals surface area contributed by atoms with Crippen molar-refractivity contribution in [1.29, 1.82) is 0 Å². The van der Waals surface area contributed by atoms with Crippen LogP contribution in [0.5, 0.6) is 0 Å². The Morgan fingerprint density at radius 2 is 1.44 bits per heavy atom. The van der Waals surface area contributed by atoms with E-state index in [1.165, 1.54) is 12.8 Å². The van der Waals surface area contributed by atoms with Crippen LogP contribution in [0.1, 0.15) is 32.1 Å². The minimum Gasteiger partial charge on any atom is -0.0630 e. The second-order valence-corrected chi connectivity index (χ2v) is 4.30. The molecular formula is C9H10. The average molecular weight is 118 g/mol. The predicted octanol–water partition coefficient (Wildman–Crippen LogP) is 2.26. The maximum atomic E-state index is 1.92. The number of hydrogen-bond donors (Lipinski definition) is 0. The summed E-state index contributed by atoms with van der Waals surface area (Å²) < 4.78 is 0. The molecule has 0 spiro atoms. The maximum absolute atomic E-state index is 1.92. The molecule has 4 rings (SSSR count). The van der Waals surface area contributed by atoms with Gasteiger partial charge in [-0.2, -0.15) is 0 Å². The van der Waals surface area contributed by atoms with E-state index in [1.54, 1.807) is 19.3 Å². The van der Waals surface area contributed by atoms with E-state index in [4.69, 9.17) is 0 Å². The van der Waals surface area contributed by atoms with E-state index in [0.29, 0.717) is 0 Å². The fraction of sp³-hybridized carbons (Fsp3) is 0.778. The highest BCUT2D eigenvalue weighted by Gasteiger charge is 2.84. The van der Waals surface area contributed by atoms with Crippen LogP contribution in [0.4, 0.5) is 0 Å². The molecule has 0 aliphatic heterocycles. The predicted molar refractivity (Wildman–Crippen MR) is 35.0 cm³/mol. The molecule has 0 heterocycles. The Labute approximate surface area is 54.9 Å². The van der Waals surface area contributed by atoms with Crippen LogP contribution in [0.25, 0.3) is 0 Å². The Morgan fingerprint density at radius 1 is 0.889 bits per heavy atom. The van der Waals surface area contributed by atoms with E-state index >= 15 is 0 Å². The zero-order chi connectivity index (χ0) is 5.69. The van der Waals surface area contributed by atoms with Gasteiger partial charge < -0.3 is 0 Å². The van der Waals surface area contributed by atoms with Crippen LogP contribution in [0, 0.1) is 10.8 Å². The molecule has 0 heteroatoms. The molecule has 0 nitrogen and oxygen atoms in total. The molecule has 0 N–H and O–H groups in total. The first-order valence-corrected chi connectivity index (χ1v) is 4.12. The van der Waals surface area contributed by atoms with E-state index in [2.05, 4.69) is 0 Å². The zero-order valence-corrected chi connectivity index (χ0v) is 5.54. The van der Waals surface area contributed by atoms with Crippen molar-refractivity contribution in [1.82, 2.24) is 0 Å². The lowest BCUT2D eigenvalue weighted by molar-refractivity contribution is 0.163. The summed E-state index contributed by atoms with van der Waals surface area (Å²) in [5.74, 6) is 0. The topological polar surface area (TPSA) is 0 Å². The molecule has 0 saturated heterocycles. The second-order valence-electron chi connectivity index (χ2n) is 4.30. The van der Waals surface area contributed by atoms with Gasteiger partial charge in [0.25, 0.3) is 0 Å². The van der Waals surface area contributed by atoms with Crippen LogP contribution >= 0.6 is 0 Å². The van der Waals surface area contributed by atoms with Crippen LogP contribution in [0.2, 0.25) is 0 Å². The van der Waals surface area contributed by atoms with E-state index in [-0.39, 0.29) is 0 Å². The van der Waals surface area contributed by atoms with Crippen molar-refractivity contribution in [2.24, 2.45) is 10.8 Å². The molecule has 2 saturated carbocycles. The summed E-state index contributed by atoms with van der Waals surface area (Å²) in [5.41, 5.74) is 5.66. The third-order valence-corrected chi connectivity index (χ3v) is 4.52. The van der Waals surface area contributed by atoms with E-state index in [1.807, 2.05) is 11.1 Å². The fourth-order valence-electron chi connectivity index (χ4n) is 3.84. The van der Waals surface area contributed by atoms with Crippen LogP contribution < -0.4 is 0 Å². The van der Waals surface area contributed by atoms with Gasteiger partial charge in [0.2, 0.25) is 0 Å². The summed E-state index contributed by atoms with van der Waals surface area (Å²) in [6.07, 6.45) is 7.68. The van der Waals surface area contributed by atoms with Gasteiger partial charge in [-0.25, -0.2) is 0 Å². The average Bonchev–Trinajstić information content (AvgIpc) is 2.20. The third kappa shape index (κ3) is 0.154. The molecule has 0 amide bonds. The molecule has 0 bridgehead atoms.